The first kappa shape index (κ1) is 18.4. The number of anilines is 2. The summed E-state index contributed by atoms with van der Waals surface area (Å²) in [6, 6.07) is 8.65. The number of piperidine rings is 1. The van der Waals surface area contributed by atoms with E-state index in [0.29, 0.717) is 23.2 Å². The summed E-state index contributed by atoms with van der Waals surface area (Å²) in [6.07, 6.45) is 11.2. The van der Waals surface area contributed by atoms with Crippen molar-refractivity contribution in [1.82, 2.24) is 15.6 Å². The maximum Gasteiger partial charge on any atom is 0.238 e. The lowest BCUT2D eigenvalue weighted by atomic mass is 9.74. The smallest absolute Gasteiger partial charge is 0.238 e. The zero-order valence-electron chi connectivity index (χ0n) is 16.2. The monoisotopic (exact) mass is 409 g/mol. The average Bonchev–Trinajstić information content (AvgIpc) is 3.49. The third kappa shape index (κ3) is 3.57. The molecule has 1 spiro atoms. The van der Waals surface area contributed by atoms with E-state index < -0.39 is 0 Å². The van der Waals surface area contributed by atoms with Gasteiger partial charge in [-0.1, -0.05) is 48.0 Å². The molecule has 2 aliphatic carbocycles. The van der Waals surface area contributed by atoms with Crippen LogP contribution in [0.3, 0.4) is 0 Å². The Hall–Kier alpha value is -2.60. The zero-order chi connectivity index (χ0) is 19.8. The Kier molecular flexibility index (Phi) is 4.66. The fraction of sp³-hybridized carbons (Fsp3) is 0.409. The fourth-order valence-electron chi connectivity index (χ4n) is 4.45. The summed E-state index contributed by atoms with van der Waals surface area (Å²) in [5, 5.41) is 8.64. The molecule has 1 aromatic carbocycles. The lowest BCUT2D eigenvalue weighted by molar-refractivity contribution is -0.120. The van der Waals surface area contributed by atoms with Crippen molar-refractivity contribution in [3.63, 3.8) is 0 Å². The number of nitrogens with zero attached hydrogens (tertiary/aromatic N) is 3. The van der Waals surface area contributed by atoms with Gasteiger partial charge in [0.15, 0.2) is 5.82 Å². The van der Waals surface area contributed by atoms with E-state index >= 15 is 0 Å². The van der Waals surface area contributed by atoms with Crippen molar-refractivity contribution in [2.24, 2.45) is 5.92 Å². The van der Waals surface area contributed by atoms with Crippen LogP contribution >= 0.6 is 11.6 Å². The largest absolute Gasteiger partial charge is 0.369 e. The molecule has 6 nitrogen and oxygen atoms in total. The molecule has 1 saturated carbocycles. The summed E-state index contributed by atoms with van der Waals surface area (Å²) in [6.45, 7) is 1.77. The Bertz CT molecular complexity index is 963. The molecule has 0 atom stereocenters. The number of hydrogen-bond donors (Lipinski definition) is 2. The quantitative estimate of drug-likeness (QED) is 0.732. The Morgan fingerprint density at radius 3 is 2.83 bits per heavy atom. The molecule has 1 aliphatic heterocycles. The van der Waals surface area contributed by atoms with E-state index in [4.69, 9.17) is 11.6 Å². The van der Waals surface area contributed by atoms with Gasteiger partial charge in [0.2, 0.25) is 5.91 Å². The highest BCUT2D eigenvalue weighted by molar-refractivity contribution is 6.35. The molecular formula is C22H24ClN5O. The highest BCUT2D eigenvalue weighted by Crippen LogP contribution is 2.45. The van der Waals surface area contributed by atoms with Gasteiger partial charge in [-0.2, -0.15) is 5.10 Å². The minimum atomic E-state index is -0.0395. The van der Waals surface area contributed by atoms with E-state index in [2.05, 4.69) is 62.4 Å². The predicted octanol–water partition coefficient (Wildman–Crippen LogP) is 3.94. The van der Waals surface area contributed by atoms with Gasteiger partial charge in [0, 0.05) is 24.9 Å². The van der Waals surface area contributed by atoms with Crippen LogP contribution in [0.25, 0.3) is 6.08 Å². The molecular weight excluding hydrogens is 386 g/mol. The van der Waals surface area contributed by atoms with Crippen LogP contribution in [-0.4, -0.2) is 29.2 Å². The van der Waals surface area contributed by atoms with E-state index in [1.165, 1.54) is 11.1 Å². The number of hydrogen-bond acceptors (Lipinski definition) is 5. The zero-order valence-corrected chi connectivity index (χ0v) is 17.0. The van der Waals surface area contributed by atoms with E-state index in [-0.39, 0.29) is 11.3 Å². The maximum absolute atomic E-state index is 11.9. The first-order chi connectivity index (χ1) is 14.1. The molecule has 0 bridgehead atoms. The van der Waals surface area contributed by atoms with Crippen LogP contribution < -0.4 is 15.8 Å². The van der Waals surface area contributed by atoms with Gasteiger partial charge in [0.1, 0.15) is 5.02 Å². The number of nitrogens with one attached hydrogen (secondary N) is 2. The molecule has 29 heavy (non-hydrogen) atoms. The minimum Gasteiger partial charge on any atom is -0.369 e. The Morgan fingerprint density at radius 2 is 2.03 bits per heavy atom. The molecule has 3 aliphatic rings. The first-order valence-electron chi connectivity index (χ1n) is 10.2. The molecule has 7 heteroatoms. The molecule has 5 rings (SSSR count). The summed E-state index contributed by atoms with van der Waals surface area (Å²) < 4.78 is 0. The number of carbonyl (C=O) groups is 1. The molecule has 150 valence electrons. The van der Waals surface area contributed by atoms with Crippen molar-refractivity contribution in [2.45, 2.75) is 37.5 Å². The number of amides is 1. The summed E-state index contributed by atoms with van der Waals surface area (Å²) in [5.74, 6) is 0.877. The van der Waals surface area contributed by atoms with E-state index in [1.807, 2.05) is 0 Å². The summed E-state index contributed by atoms with van der Waals surface area (Å²) in [5.41, 5.74) is 9.27. The Morgan fingerprint density at radius 1 is 1.24 bits per heavy atom. The van der Waals surface area contributed by atoms with Crippen LogP contribution in [0.15, 0.2) is 36.5 Å². The van der Waals surface area contributed by atoms with Crippen LogP contribution in [0.2, 0.25) is 5.02 Å². The van der Waals surface area contributed by atoms with Crippen LogP contribution in [0.5, 0.6) is 0 Å². The molecule has 2 aromatic rings. The Labute approximate surface area is 175 Å². The predicted molar refractivity (Wildman–Crippen MR) is 115 cm³/mol. The van der Waals surface area contributed by atoms with Crippen molar-refractivity contribution in [3.8, 4) is 0 Å². The number of carbonyl (C=O) groups excluding carboxylic acids is 1. The maximum atomic E-state index is 11.9. The highest BCUT2D eigenvalue weighted by Gasteiger charge is 2.38. The van der Waals surface area contributed by atoms with Gasteiger partial charge in [-0.3, -0.25) is 15.6 Å². The van der Waals surface area contributed by atoms with Gasteiger partial charge < -0.3 is 4.90 Å². The summed E-state index contributed by atoms with van der Waals surface area (Å²) >= 11 is 6.60. The number of benzene rings is 1. The molecule has 0 unspecified atom stereocenters. The van der Waals surface area contributed by atoms with Gasteiger partial charge in [0.25, 0.3) is 0 Å². The van der Waals surface area contributed by atoms with Gasteiger partial charge in [-0.15, -0.1) is 5.10 Å². The van der Waals surface area contributed by atoms with E-state index in [9.17, 15) is 4.79 Å². The molecule has 1 amide bonds. The van der Waals surface area contributed by atoms with E-state index in [0.717, 1.165) is 44.5 Å². The summed E-state index contributed by atoms with van der Waals surface area (Å²) in [7, 11) is 0. The standard InChI is InChI=1S/C22H24ClN5O/c23-20-18(14-24-26-21(20)27-25-19(29)13-15-5-6-15)28-11-9-22(10-12-28)8-7-16-3-1-2-4-17(16)22/h1-4,7-8,14-15H,5-6,9-13H2,(H,25,29)(H,26,27). The number of fused-ring (bicyclic) bond motifs is 2. The number of aromatic nitrogens is 2. The second-order valence-corrected chi connectivity index (χ2v) is 8.65. The van der Waals surface area contributed by atoms with Crippen molar-refractivity contribution in [2.75, 3.05) is 23.4 Å². The normalized spacial score (nSPS) is 19.3. The van der Waals surface area contributed by atoms with Crippen molar-refractivity contribution >= 4 is 35.1 Å². The van der Waals surface area contributed by atoms with Crippen molar-refractivity contribution < 1.29 is 4.79 Å². The van der Waals surface area contributed by atoms with Crippen molar-refractivity contribution in [1.29, 1.82) is 0 Å². The van der Waals surface area contributed by atoms with Gasteiger partial charge in [-0.25, -0.2) is 0 Å². The van der Waals surface area contributed by atoms with Crippen LogP contribution in [-0.2, 0) is 10.2 Å². The average molecular weight is 410 g/mol. The lowest BCUT2D eigenvalue weighted by Gasteiger charge is -2.40. The second-order valence-electron chi connectivity index (χ2n) is 8.28. The minimum absolute atomic E-state index is 0.0395. The second kappa shape index (κ2) is 7.34. The number of hydrazine groups is 1. The summed E-state index contributed by atoms with van der Waals surface area (Å²) in [4.78, 5) is 14.2. The van der Waals surface area contributed by atoms with Gasteiger partial charge in [-0.05, 0) is 42.7 Å². The molecule has 0 radical (unpaired) electrons. The SMILES string of the molecule is O=C(CC1CC1)NNc1nncc(N2CCC3(C=Cc4ccccc43)CC2)c1Cl. The third-order valence-electron chi connectivity index (χ3n) is 6.34. The van der Waals surface area contributed by atoms with E-state index in [1.54, 1.807) is 6.20 Å². The van der Waals surface area contributed by atoms with Crippen molar-refractivity contribution in [3.05, 3.63) is 52.7 Å². The lowest BCUT2D eigenvalue weighted by Crippen LogP contribution is -2.41. The molecule has 1 saturated heterocycles. The van der Waals surface area contributed by atoms with Crippen LogP contribution in [0.1, 0.15) is 43.2 Å². The van der Waals surface area contributed by atoms with Crippen LogP contribution in [0.4, 0.5) is 11.5 Å². The topological polar surface area (TPSA) is 70.1 Å². The van der Waals surface area contributed by atoms with Gasteiger partial charge in [0.05, 0.1) is 11.9 Å². The fourth-order valence-corrected chi connectivity index (χ4v) is 4.70. The molecule has 2 heterocycles. The van der Waals surface area contributed by atoms with Crippen LogP contribution in [0, 0.1) is 5.92 Å². The molecule has 1 aromatic heterocycles. The number of rotatable bonds is 5. The third-order valence-corrected chi connectivity index (χ3v) is 6.71. The highest BCUT2D eigenvalue weighted by atomic mass is 35.5. The number of allylic oxidation sites excluding steroid dienone is 1. The molecule has 2 fully saturated rings. The first-order valence-corrected chi connectivity index (χ1v) is 10.6. The van der Waals surface area contributed by atoms with Gasteiger partial charge >= 0.3 is 0 Å². The molecule has 2 N–H and O–H groups in total. The number of halogens is 1. The Balaban J connectivity index is 1.26.